The smallest absolute Gasteiger partial charge is 0.252 e. The van der Waals surface area contributed by atoms with Crippen molar-refractivity contribution in [3.05, 3.63) is 24.3 Å². The highest BCUT2D eigenvalue weighted by atomic mass is 19.3. The summed E-state index contributed by atoms with van der Waals surface area (Å²) >= 11 is 0. The van der Waals surface area contributed by atoms with Crippen molar-refractivity contribution in [2.24, 2.45) is 0 Å². The van der Waals surface area contributed by atoms with Crippen molar-refractivity contribution < 1.29 is 8.78 Å². The minimum Gasteiger partial charge on any atom is -0.341 e. The largest absolute Gasteiger partial charge is 0.341 e. The van der Waals surface area contributed by atoms with Crippen LogP contribution in [0.2, 0.25) is 0 Å². The summed E-state index contributed by atoms with van der Waals surface area (Å²) in [6.07, 6.45) is 2.78. The molecular weight excluding hydrogens is 188 g/mol. The zero-order valence-corrected chi connectivity index (χ0v) is 7.59. The van der Waals surface area contributed by atoms with Gasteiger partial charge in [0.2, 0.25) is 0 Å². The first-order chi connectivity index (χ1) is 6.54. The molecule has 0 spiro atoms. The van der Waals surface area contributed by atoms with Crippen LogP contribution in [-0.2, 0) is 6.42 Å². The number of H-pyrrole nitrogens is 1. The normalized spacial score (nSPS) is 12.2. The molecule has 0 bridgehead atoms. The van der Waals surface area contributed by atoms with Gasteiger partial charge in [0.1, 0.15) is 5.82 Å². The second-order valence-electron chi connectivity index (χ2n) is 3.32. The highest BCUT2D eigenvalue weighted by Crippen LogP contribution is 2.18. The van der Waals surface area contributed by atoms with Gasteiger partial charge in [0.25, 0.3) is 5.92 Å². The number of aromatic nitrogens is 3. The zero-order chi connectivity index (χ0) is 10.2. The van der Waals surface area contributed by atoms with Gasteiger partial charge in [0.05, 0.1) is 23.7 Å². The molecule has 0 aliphatic rings. The lowest BCUT2D eigenvalue weighted by Gasteiger charge is -2.06. The number of fused-ring (bicyclic) bond motifs is 1. The fourth-order valence-electron chi connectivity index (χ4n) is 1.29. The van der Waals surface area contributed by atoms with Gasteiger partial charge in [-0.05, 0) is 13.0 Å². The van der Waals surface area contributed by atoms with Gasteiger partial charge >= 0.3 is 0 Å². The highest BCUT2D eigenvalue weighted by Gasteiger charge is 2.23. The van der Waals surface area contributed by atoms with Gasteiger partial charge < -0.3 is 4.98 Å². The topological polar surface area (TPSA) is 41.6 Å². The summed E-state index contributed by atoms with van der Waals surface area (Å²) in [5.41, 5.74) is 1.35. The van der Waals surface area contributed by atoms with Gasteiger partial charge in [0.15, 0.2) is 0 Å². The highest BCUT2D eigenvalue weighted by molar-refractivity contribution is 5.73. The molecule has 0 amide bonds. The van der Waals surface area contributed by atoms with Crippen LogP contribution in [0, 0.1) is 0 Å². The minimum atomic E-state index is -2.73. The second kappa shape index (κ2) is 3.01. The van der Waals surface area contributed by atoms with Crippen molar-refractivity contribution in [2.45, 2.75) is 19.3 Å². The molecule has 0 unspecified atom stereocenters. The van der Waals surface area contributed by atoms with E-state index in [2.05, 4.69) is 15.0 Å². The molecule has 0 saturated carbocycles. The number of nitrogens with zero attached hydrogens (tertiary/aromatic N) is 2. The Morgan fingerprint density at radius 1 is 1.50 bits per heavy atom. The summed E-state index contributed by atoms with van der Waals surface area (Å²) in [4.78, 5) is 10.7. The lowest BCUT2D eigenvalue weighted by Crippen LogP contribution is -2.14. The van der Waals surface area contributed by atoms with E-state index < -0.39 is 5.92 Å². The van der Waals surface area contributed by atoms with E-state index in [1.807, 2.05) is 0 Å². The molecule has 0 atom stereocenters. The Bertz CT molecular complexity index is 411. The third kappa shape index (κ3) is 1.86. The summed E-state index contributed by atoms with van der Waals surface area (Å²) in [5.74, 6) is -2.44. The predicted octanol–water partition coefficient (Wildman–Crippen LogP) is 2.16. The number of nitrogens with one attached hydrogen (secondary N) is 1. The van der Waals surface area contributed by atoms with Crippen LogP contribution in [0.1, 0.15) is 12.7 Å². The van der Waals surface area contributed by atoms with Crippen molar-refractivity contribution >= 4 is 11.0 Å². The number of imidazole rings is 1. The number of aromatic amines is 1. The average molecular weight is 197 g/mol. The van der Waals surface area contributed by atoms with Crippen molar-refractivity contribution in [1.82, 2.24) is 15.0 Å². The van der Waals surface area contributed by atoms with Crippen molar-refractivity contribution in [3.63, 3.8) is 0 Å². The van der Waals surface area contributed by atoms with Crippen LogP contribution >= 0.6 is 0 Å². The summed E-state index contributed by atoms with van der Waals surface area (Å²) in [5, 5.41) is 0. The first-order valence-corrected chi connectivity index (χ1v) is 4.21. The Kier molecular flexibility index (Phi) is 1.94. The maximum Gasteiger partial charge on any atom is 0.252 e. The molecule has 0 aliphatic carbocycles. The molecule has 1 N–H and O–H groups in total. The summed E-state index contributed by atoms with van der Waals surface area (Å²) in [7, 11) is 0. The number of pyridine rings is 1. The van der Waals surface area contributed by atoms with E-state index in [1.165, 1.54) is 0 Å². The van der Waals surface area contributed by atoms with E-state index in [0.29, 0.717) is 16.9 Å². The minimum absolute atomic E-state index is 0.292. The van der Waals surface area contributed by atoms with Gasteiger partial charge in [0, 0.05) is 6.20 Å². The Morgan fingerprint density at radius 2 is 2.29 bits per heavy atom. The van der Waals surface area contributed by atoms with Gasteiger partial charge in [-0.2, -0.15) is 0 Å². The molecular formula is C9H9F2N3. The molecule has 0 radical (unpaired) electrons. The number of alkyl halides is 2. The molecule has 14 heavy (non-hydrogen) atoms. The van der Waals surface area contributed by atoms with E-state index in [4.69, 9.17) is 0 Å². The van der Waals surface area contributed by atoms with Gasteiger partial charge in [-0.1, -0.05) is 0 Å². The molecule has 74 valence electrons. The average Bonchev–Trinajstić information content (AvgIpc) is 2.42. The molecule has 2 heterocycles. The van der Waals surface area contributed by atoms with Crippen LogP contribution in [0.5, 0.6) is 0 Å². The van der Waals surface area contributed by atoms with E-state index in [0.717, 1.165) is 6.92 Å². The zero-order valence-electron chi connectivity index (χ0n) is 7.59. The quantitative estimate of drug-likeness (QED) is 0.801. The molecule has 0 fully saturated rings. The van der Waals surface area contributed by atoms with Crippen LogP contribution in [0.4, 0.5) is 8.78 Å². The molecule has 2 aromatic rings. The number of hydrogen-bond donors (Lipinski definition) is 1. The van der Waals surface area contributed by atoms with Crippen LogP contribution < -0.4 is 0 Å². The third-order valence-electron chi connectivity index (χ3n) is 1.81. The van der Waals surface area contributed by atoms with E-state index in [-0.39, 0.29) is 6.42 Å². The molecule has 5 heteroatoms. The summed E-state index contributed by atoms with van der Waals surface area (Å²) < 4.78 is 25.3. The standard InChI is InChI=1S/C9H9F2N3/c1-9(10,11)4-8-13-6-2-3-12-5-7(6)14-8/h2-3,5H,4H2,1H3,(H,13,14). The van der Waals surface area contributed by atoms with Gasteiger partial charge in [-0.3, -0.25) is 4.98 Å². The fraction of sp³-hybridized carbons (Fsp3) is 0.333. The monoisotopic (exact) mass is 197 g/mol. The maximum absolute atomic E-state index is 12.7. The Hall–Kier alpha value is -1.52. The summed E-state index contributed by atoms with van der Waals surface area (Å²) in [6, 6.07) is 1.68. The second-order valence-corrected chi connectivity index (χ2v) is 3.32. The molecule has 0 aromatic carbocycles. The number of hydrogen-bond acceptors (Lipinski definition) is 2. The van der Waals surface area contributed by atoms with Crippen LogP contribution in [0.3, 0.4) is 0 Å². The van der Waals surface area contributed by atoms with Crippen molar-refractivity contribution in [2.75, 3.05) is 0 Å². The lowest BCUT2D eigenvalue weighted by atomic mass is 10.2. The molecule has 0 saturated heterocycles. The van der Waals surface area contributed by atoms with E-state index in [9.17, 15) is 8.78 Å². The SMILES string of the molecule is CC(F)(F)Cc1nc2ccncc2[nH]1. The molecule has 0 aliphatic heterocycles. The van der Waals surface area contributed by atoms with Crippen molar-refractivity contribution in [1.29, 1.82) is 0 Å². The lowest BCUT2D eigenvalue weighted by molar-refractivity contribution is 0.0208. The molecule has 3 nitrogen and oxygen atoms in total. The van der Waals surface area contributed by atoms with E-state index in [1.54, 1.807) is 18.5 Å². The Morgan fingerprint density at radius 3 is 2.93 bits per heavy atom. The molecule has 2 rings (SSSR count). The summed E-state index contributed by atoms with van der Waals surface area (Å²) in [6.45, 7) is 0.873. The fourth-order valence-corrected chi connectivity index (χ4v) is 1.29. The maximum atomic E-state index is 12.7. The number of rotatable bonds is 2. The first-order valence-electron chi connectivity index (χ1n) is 4.21. The third-order valence-corrected chi connectivity index (χ3v) is 1.81. The van der Waals surface area contributed by atoms with Crippen LogP contribution in [-0.4, -0.2) is 20.9 Å². The predicted molar refractivity (Wildman–Crippen MR) is 48.2 cm³/mol. The van der Waals surface area contributed by atoms with Gasteiger partial charge in [-0.25, -0.2) is 13.8 Å². The van der Waals surface area contributed by atoms with Crippen LogP contribution in [0.25, 0.3) is 11.0 Å². The van der Waals surface area contributed by atoms with Crippen LogP contribution in [0.15, 0.2) is 18.5 Å². The van der Waals surface area contributed by atoms with Crippen molar-refractivity contribution in [3.8, 4) is 0 Å². The first kappa shape index (κ1) is 9.05. The molecule has 2 aromatic heterocycles. The van der Waals surface area contributed by atoms with E-state index >= 15 is 0 Å². The Labute approximate surface area is 79.2 Å². The van der Waals surface area contributed by atoms with Gasteiger partial charge in [-0.15, -0.1) is 0 Å². The number of halogens is 2. The Balaban J connectivity index is 2.36.